The van der Waals surface area contributed by atoms with E-state index in [9.17, 15) is 0 Å². The standard InChI is InChI=1S/C15H25NO/c1-12(2)15(11-17-4)16-13(3)10-14-8-6-5-7-9-14/h5-9,12-13,15-16H,10-11H2,1-4H3. The third-order valence-electron chi connectivity index (χ3n) is 3.03. The van der Waals surface area contributed by atoms with Crippen molar-refractivity contribution in [1.82, 2.24) is 5.32 Å². The van der Waals surface area contributed by atoms with Crippen molar-refractivity contribution >= 4 is 0 Å². The number of hydrogen-bond donors (Lipinski definition) is 1. The van der Waals surface area contributed by atoms with Gasteiger partial charge in [0, 0.05) is 19.2 Å². The molecule has 1 N–H and O–H groups in total. The second-order valence-corrected chi connectivity index (χ2v) is 5.06. The highest BCUT2D eigenvalue weighted by atomic mass is 16.5. The molecule has 2 heteroatoms. The SMILES string of the molecule is COCC(NC(C)Cc1ccccc1)C(C)C. The Kier molecular flexibility index (Phi) is 6.23. The van der Waals surface area contributed by atoms with Crippen LogP contribution in [0.5, 0.6) is 0 Å². The van der Waals surface area contributed by atoms with Crippen LogP contribution >= 0.6 is 0 Å². The fourth-order valence-electron chi connectivity index (χ4n) is 2.00. The minimum atomic E-state index is 0.429. The van der Waals surface area contributed by atoms with Crippen molar-refractivity contribution in [1.29, 1.82) is 0 Å². The second kappa shape index (κ2) is 7.46. The predicted octanol–water partition coefficient (Wildman–Crippen LogP) is 2.88. The third kappa shape index (κ3) is 5.33. The molecule has 1 aromatic carbocycles. The summed E-state index contributed by atoms with van der Waals surface area (Å²) in [6, 6.07) is 11.5. The molecule has 0 radical (unpaired) electrons. The molecule has 0 aliphatic carbocycles. The molecule has 2 nitrogen and oxygen atoms in total. The van der Waals surface area contributed by atoms with E-state index >= 15 is 0 Å². The minimum Gasteiger partial charge on any atom is -0.383 e. The van der Waals surface area contributed by atoms with Crippen molar-refractivity contribution in [3.63, 3.8) is 0 Å². The van der Waals surface area contributed by atoms with Crippen molar-refractivity contribution in [2.75, 3.05) is 13.7 Å². The van der Waals surface area contributed by atoms with Gasteiger partial charge in [-0.15, -0.1) is 0 Å². The van der Waals surface area contributed by atoms with Gasteiger partial charge in [0.1, 0.15) is 0 Å². The predicted molar refractivity (Wildman–Crippen MR) is 73.2 cm³/mol. The zero-order valence-corrected chi connectivity index (χ0v) is 11.4. The van der Waals surface area contributed by atoms with E-state index in [1.165, 1.54) is 5.56 Å². The first-order valence-corrected chi connectivity index (χ1v) is 6.42. The van der Waals surface area contributed by atoms with Gasteiger partial charge in [-0.2, -0.15) is 0 Å². The van der Waals surface area contributed by atoms with E-state index in [4.69, 9.17) is 4.74 Å². The maximum atomic E-state index is 5.25. The zero-order valence-electron chi connectivity index (χ0n) is 11.4. The summed E-state index contributed by atoms with van der Waals surface area (Å²) in [5.41, 5.74) is 1.38. The summed E-state index contributed by atoms with van der Waals surface area (Å²) in [7, 11) is 1.76. The Labute approximate surface area is 105 Å². The van der Waals surface area contributed by atoms with Gasteiger partial charge in [-0.3, -0.25) is 0 Å². The maximum absolute atomic E-state index is 5.25. The Morgan fingerprint density at radius 1 is 1.12 bits per heavy atom. The molecule has 0 saturated heterocycles. The minimum absolute atomic E-state index is 0.429. The Bertz CT molecular complexity index is 297. The van der Waals surface area contributed by atoms with Crippen molar-refractivity contribution in [3.05, 3.63) is 35.9 Å². The van der Waals surface area contributed by atoms with Crippen LogP contribution in [-0.4, -0.2) is 25.8 Å². The van der Waals surface area contributed by atoms with E-state index in [1.54, 1.807) is 7.11 Å². The summed E-state index contributed by atoms with van der Waals surface area (Å²) in [5.74, 6) is 0.591. The number of rotatable bonds is 7. The molecule has 96 valence electrons. The third-order valence-corrected chi connectivity index (χ3v) is 3.03. The summed E-state index contributed by atoms with van der Waals surface area (Å²) in [6.07, 6.45) is 1.06. The Morgan fingerprint density at radius 3 is 2.29 bits per heavy atom. The first-order chi connectivity index (χ1) is 8.13. The molecule has 0 bridgehead atoms. The number of methoxy groups -OCH3 is 1. The molecule has 0 aromatic heterocycles. The fraction of sp³-hybridized carbons (Fsp3) is 0.600. The lowest BCUT2D eigenvalue weighted by atomic mass is 10.0. The molecule has 0 spiro atoms. The van der Waals surface area contributed by atoms with E-state index in [0.717, 1.165) is 13.0 Å². The second-order valence-electron chi connectivity index (χ2n) is 5.06. The summed E-state index contributed by atoms with van der Waals surface area (Å²) >= 11 is 0. The Balaban J connectivity index is 2.44. The van der Waals surface area contributed by atoms with Crippen molar-refractivity contribution in [2.45, 2.75) is 39.3 Å². The molecule has 0 heterocycles. The van der Waals surface area contributed by atoms with Crippen LogP contribution < -0.4 is 5.32 Å². The Hall–Kier alpha value is -0.860. The smallest absolute Gasteiger partial charge is 0.0618 e. The lowest BCUT2D eigenvalue weighted by Crippen LogP contribution is -2.43. The van der Waals surface area contributed by atoms with Gasteiger partial charge >= 0.3 is 0 Å². The molecule has 0 fully saturated rings. The average molecular weight is 235 g/mol. The lowest BCUT2D eigenvalue weighted by Gasteiger charge is -2.26. The average Bonchev–Trinajstić information content (AvgIpc) is 2.29. The molecule has 17 heavy (non-hydrogen) atoms. The van der Waals surface area contributed by atoms with Gasteiger partial charge in [0.05, 0.1) is 6.61 Å². The molecule has 2 unspecified atom stereocenters. The molecule has 1 aromatic rings. The number of nitrogens with one attached hydrogen (secondary N) is 1. The van der Waals surface area contributed by atoms with Crippen LogP contribution in [0, 0.1) is 5.92 Å². The van der Waals surface area contributed by atoms with Crippen LogP contribution in [0.3, 0.4) is 0 Å². The van der Waals surface area contributed by atoms with Gasteiger partial charge < -0.3 is 10.1 Å². The summed E-state index contributed by atoms with van der Waals surface area (Å²) in [4.78, 5) is 0. The quantitative estimate of drug-likeness (QED) is 0.784. The number of ether oxygens (including phenoxy) is 1. The summed E-state index contributed by atoms with van der Waals surface area (Å²) < 4.78 is 5.25. The van der Waals surface area contributed by atoms with E-state index in [0.29, 0.717) is 18.0 Å². The van der Waals surface area contributed by atoms with E-state index in [2.05, 4.69) is 56.4 Å². The van der Waals surface area contributed by atoms with Gasteiger partial charge in [-0.1, -0.05) is 44.2 Å². The van der Waals surface area contributed by atoms with E-state index < -0.39 is 0 Å². The van der Waals surface area contributed by atoms with Crippen molar-refractivity contribution in [2.24, 2.45) is 5.92 Å². The number of hydrogen-bond acceptors (Lipinski definition) is 2. The van der Waals surface area contributed by atoms with Gasteiger partial charge in [0.2, 0.25) is 0 Å². The first-order valence-electron chi connectivity index (χ1n) is 6.42. The van der Waals surface area contributed by atoms with Gasteiger partial charge in [-0.05, 0) is 24.8 Å². The van der Waals surface area contributed by atoms with Crippen LogP contribution in [0.15, 0.2) is 30.3 Å². The van der Waals surface area contributed by atoms with Crippen LogP contribution in [0.4, 0.5) is 0 Å². The zero-order chi connectivity index (χ0) is 12.7. The highest BCUT2D eigenvalue weighted by Gasteiger charge is 2.15. The number of benzene rings is 1. The van der Waals surface area contributed by atoms with Crippen LogP contribution in [0.1, 0.15) is 26.3 Å². The lowest BCUT2D eigenvalue weighted by molar-refractivity contribution is 0.141. The molecular weight excluding hydrogens is 210 g/mol. The summed E-state index contributed by atoms with van der Waals surface area (Å²) in [5, 5.41) is 3.64. The molecule has 0 aliphatic heterocycles. The van der Waals surface area contributed by atoms with Crippen LogP contribution in [0.25, 0.3) is 0 Å². The van der Waals surface area contributed by atoms with Crippen molar-refractivity contribution in [3.8, 4) is 0 Å². The maximum Gasteiger partial charge on any atom is 0.0618 e. The molecule has 2 atom stereocenters. The van der Waals surface area contributed by atoms with Crippen molar-refractivity contribution < 1.29 is 4.74 Å². The molecule has 1 rings (SSSR count). The molecule has 0 aliphatic rings. The van der Waals surface area contributed by atoms with E-state index in [1.807, 2.05) is 0 Å². The van der Waals surface area contributed by atoms with Gasteiger partial charge in [0.25, 0.3) is 0 Å². The van der Waals surface area contributed by atoms with Crippen LogP contribution in [0.2, 0.25) is 0 Å². The normalized spacial score (nSPS) is 14.9. The molecule has 0 amide bonds. The largest absolute Gasteiger partial charge is 0.383 e. The highest BCUT2D eigenvalue weighted by Crippen LogP contribution is 2.07. The fourth-order valence-corrected chi connectivity index (χ4v) is 2.00. The highest BCUT2D eigenvalue weighted by molar-refractivity contribution is 5.15. The van der Waals surface area contributed by atoms with Gasteiger partial charge in [-0.25, -0.2) is 0 Å². The molecule has 0 saturated carbocycles. The molecular formula is C15H25NO. The van der Waals surface area contributed by atoms with Crippen LogP contribution in [-0.2, 0) is 11.2 Å². The van der Waals surface area contributed by atoms with Gasteiger partial charge in [0.15, 0.2) is 0 Å². The summed E-state index contributed by atoms with van der Waals surface area (Å²) in [6.45, 7) is 7.46. The first kappa shape index (κ1) is 14.2. The topological polar surface area (TPSA) is 21.3 Å². The Morgan fingerprint density at radius 2 is 1.76 bits per heavy atom. The van der Waals surface area contributed by atoms with E-state index in [-0.39, 0.29) is 0 Å². The monoisotopic (exact) mass is 235 g/mol.